The van der Waals surface area contributed by atoms with Crippen LogP contribution in [0.3, 0.4) is 0 Å². The summed E-state index contributed by atoms with van der Waals surface area (Å²) < 4.78 is 11.5. The second-order valence-electron chi connectivity index (χ2n) is 7.05. The van der Waals surface area contributed by atoms with Gasteiger partial charge in [0, 0.05) is 32.2 Å². The van der Waals surface area contributed by atoms with E-state index in [4.69, 9.17) is 9.47 Å². The fourth-order valence-corrected chi connectivity index (χ4v) is 3.59. The Balaban J connectivity index is 1.23. The molecule has 5 heteroatoms. The number of carbonyl (C=O) groups is 1. The molecule has 0 spiro atoms. The number of ether oxygens (including phenoxy) is 2. The lowest BCUT2D eigenvalue weighted by Crippen LogP contribution is -2.54. The average molecular weight is 346 g/mol. The molecule has 2 aliphatic heterocycles. The number of hydrogen-bond acceptors (Lipinski definition) is 4. The standard InChI is InChI=1S/C20H30N2O3/c23-20(10-6-12-24-15-17-7-2-1-3-8-17)21-13-19-14-22-11-5-4-9-18(22)16-25-19/h1-3,7-8,18-19H,4-6,9-16H2,(H,21,23)/t18-,19+/m0/s1. The topological polar surface area (TPSA) is 50.8 Å². The number of hydrogen-bond donors (Lipinski definition) is 1. The summed E-state index contributed by atoms with van der Waals surface area (Å²) in [5.41, 5.74) is 1.16. The van der Waals surface area contributed by atoms with Gasteiger partial charge in [-0.3, -0.25) is 9.69 Å². The molecule has 5 nitrogen and oxygen atoms in total. The molecule has 3 rings (SSSR count). The maximum Gasteiger partial charge on any atom is 0.220 e. The predicted molar refractivity (Wildman–Crippen MR) is 97.3 cm³/mol. The minimum atomic E-state index is 0.0904. The molecule has 138 valence electrons. The molecule has 0 bridgehead atoms. The van der Waals surface area contributed by atoms with Gasteiger partial charge in [0.15, 0.2) is 0 Å². The normalized spacial score (nSPS) is 23.8. The Morgan fingerprint density at radius 1 is 1.28 bits per heavy atom. The van der Waals surface area contributed by atoms with Gasteiger partial charge in [-0.25, -0.2) is 0 Å². The first-order valence-electron chi connectivity index (χ1n) is 9.55. The van der Waals surface area contributed by atoms with E-state index < -0.39 is 0 Å². The minimum absolute atomic E-state index is 0.0904. The maximum atomic E-state index is 12.0. The van der Waals surface area contributed by atoms with E-state index in [0.717, 1.165) is 25.1 Å². The molecule has 2 saturated heterocycles. The molecule has 0 radical (unpaired) electrons. The monoisotopic (exact) mass is 346 g/mol. The van der Waals surface area contributed by atoms with Gasteiger partial charge in [0.1, 0.15) is 0 Å². The molecule has 0 saturated carbocycles. The quantitative estimate of drug-likeness (QED) is 0.734. The van der Waals surface area contributed by atoms with E-state index in [9.17, 15) is 4.79 Å². The highest BCUT2D eigenvalue weighted by Gasteiger charge is 2.30. The van der Waals surface area contributed by atoms with E-state index in [1.54, 1.807) is 0 Å². The Morgan fingerprint density at radius 3 is 3.04 bits per heavy atom. The van der Waals surface area contributed by atoms with Crippen LogP contribution in [0.4, 0.5) is 0 Å². The molecular formula is C20H30N2O3. The number of piperidine rings is 1. The molecule has 0 aromatic heterocycles. The summed E-state index contributed by atoms with van der Waals surface area (Å²) in [5.74, 6) is 0.0904. The first kappa shape index (κ1) is 18.4. The predicted octanol–water partition coefficient (Wildman–Crippen LogP) is 2.35. The van der Waals surface area contributed by atoms with Crippen molar-refractivity contribution < 1.29 is 14.3 Å². The molecule has 1 aromatic carbocycles. The Kier molecular flexibility index (Phi) is 7.27. The number of rotatable bonds is 8. The van der Waals surface area contributed by atoms with E-state index in [1.807, 2.05) is 30.3 Å². The number of benzene rings is 1. The first-order chi connectivity index (χ1) is 12.3. The van der Waals surface area contributed by atoms with E-state index in [0.29, 0.717) is 32.2 Å². The highest BCUT2D eigenvalue weighted by atomic mass is 16.5. The van der Waals surface area contributed by atoms with Crippen LogP contribution in [0, 0.1) is 0 Å². The first-order valence-corrected chi connectivity index (χ1v) is 9.55. The Labute approximate surface area is 150 Å². The fourth-order valence-electron chi connectivity index (χ4n) is 3.59. The van der Waals surface area contributed by atoms with Crippen LogP contribution in [0.1, 0.15) is 37.7 Å². The van der Waals surface area contributed by atoms with E-state index in [1.165, 1.54) is 25.8 Å². The van der Waals surface area contributed by atoms with Gasteiger partial charge in [-0.05, 0) is 31.4 Å². The molecule has 2 fully saturated rings. The van der Waals surface area contributed by atoms with Gasteiger partial charge < -0.3 is 14.8 Å². The molecule has 1 aromatic rings. The summed E-state index contributed by atoms with van der Waals surface area (Å²) >= 11 is 0. The van der Waals surface area contributed by atoms with E-state index in [-0.39, 0.29) is 12.0 Å². The Hall–Kier alpha value is -1.43. The molecule has 2 heterocycles. The summed E-state index contributed by atoms with van der Waals surface area (Å²) in [5, 5.41) is 3.01. The highest BCUT2D eigenvalue weighted by molar-refractivity contribution is 5.75. The minimum Gasteiger partial charge on any atom is -0.377 e. The lowest BCUT2D eigenvalue weighted by molar-refractivity contribution is -0.123. The molecule has 0 unspecified atom stereocenters. The summed E-state index contributed by atoms with van der Waals surface area (Å²) in [7, 11) is 0. The van der Waals surface area contributed by atoms with Crippen LogP contribution in [0.2, 0.25) is 0 Å². The highest BCUT2D eigenvalue weighted by Crippen LogP contribution is 2.21. The van der Waals surface area contributed by atoms with Crippen LogP contribution in [0.15, 0.2) is 30.3 Å². The van der Waals surface area contributed by atoms with Crippen molar-refractivity contribution in [1.82, 2.24) is 10.2 Å². The van der Waals surface area contributed by atoms with Gasteiger partial charge in [0.2, 0.25) is 5.91 Å². The van der Waals surface area contributed by atoms with Gasteiger partial charge in [-0.2, -0.15) is 0 Å². The van der Waals surface area contributed by atoms with Gasteiger partial charge in [0.25, 0.3) is 0 Å². The summed E-state index contributed by atoms with van der Waals surface area (Å²) in [6.45, 7) is 4.77. The van der Waals surface area contributed by atoms with Crippen molar-refractivity contribution in [2.75, 3.05) is 32.8 Å². The average Bonchev–Trinajstić information content (AvgIpc) is 2.67. The van der Waals surface area contributed by atoms with Crippen molar-refractivity contribution in [3.8, 4) is 0 Å². The van der Waals surface area contributed by atoms with Crippen molar-refractivity contribution in [3.05, 3.63) is 35.9 Å². The zero-order chi connectivity index (χ0) is 17.3. The largest absolute Gasteiger partial charge is 0.377 e. The van der Waals surface area contributed by atoms with Crippen LogP contribution in [0.5, 0.6) is 0 Å². The van der Waals surface area contributed by atoms with Crippen LogP contribution in [-0.2, 0) is 20.9 Å². The lowest BCUT2D eigenvalue weighted by Gasteiger charge is -2.42. The van der Waals surface area contributed by atoms with Crippen molar-refractivity contribution >= 4 is 5.91 Å². The number of amides is 1. The number of nitrogens with one attached hydrogen (secondary N) is 1. The van der Waals surface area contributed by atoms with Crippen LogP contribution in [-0.4, -0.2) is 55.8 Å². The lowest BCUT2D eigenvalue weighted by atomic mass is 10.0. The van der Waals surface area contributed by atoms with Gasteiger partial charge in [-0.15, -0.1) is 0 Å². The number of carbonyl (C=O) groups excluding carboxylic acids is 1. The molecule has 2 aliphatic rings. The number of morpholine rings is 1. The third-order valence-corrected chi connectivity index (χ3v) is 5.04. The van der Waals surface area contributed by atoms with Gasteiger partial charge >= 0.3 is 0 Å². The third kappa shape index (κ3) is 6.10. The molecule has 25 heavy (non-hydrogen) atoms. The SMILES string of the molecule is O=C(CCCOCc1ccccc1)NC[C@@H]1CN2CCCC[C@H]2CO1. The Bertz CT molecular complexity index is 523. The van der Waals surface area contributed by atoms with E-state index in [2.05, 4.69) is 10.2 Å². The molecule has 2 atom stereocenters. The fraction of sp³-hybridized carbons (Fsp3) is 0.650. The van der Waals surface area contributed by atoms with Crippen LogP contribution in [0.25, 0.3) is 0 Å². The maximum absolute atomic E-state index is 12.0. The molecule has 1 N–H and O–H groups in total. The molecule has 0 aliphatic carbocycles. The zero-order valence-electron chi connectivity index (χ0n) is 15.0. The van der Waals surface area contributed by atoms with Crippen molar-refractivity contribution in [2.24, 2.45) is 0 Å². The zero-order valence-corrected chi connectivity index (χ0v) is 15.0. The number of nitrogens with zero attached hydrogens (tertiary/aromatic N) is 1. The number of fused-ring (bicyclic) bond motifs is 1. The third-order valence-electron chi connectivity index (χ3n) is 5.04. The molecule has 1 amide bonds. The van der Waals surface area contributed by atoms with Crippen molar-refractivity contribution in [1.29, 1.82) is 0 Å². The summed E-state index contributed by atoms with van der Waals surface area (Å²) in [6, 6.07) is 10.7. The van der Waals surface area contributed by atoms with Crippen LogP contribution >= 0.6 is 0 Å². The second kappa shape index (κ2) is 9.90. The molecular weight excluding hydrogens is 316 g/mol. The van der Waals surface area contributed by atoms with Crippen molar-refractivity contribution in [2.45, 2.75) is 50.9 Å². The van der Waals surface area contributed by atoms with Crippen LogP contribution < -0.4 is 5.32 Å². The second-order valence-corrected chi connectivity index (χ2v) is 7.05. The van der Waals surface area contributed by atoms with Crippen molar-refractivity contribution in [3.63, 3.8) is 0 Å². The van der Waals surface area contributed by atoms with Gasteiger partial charge in [0.05, 0.1) is 19.3 Å². The Morgan fingerprint density at radius 2 is 2.16 bits per heavy atom. The smallest absolute Gasteiger partial charge is 0.220 e. The summed E-state index contributed by atoms with van der Waals surface area (Å²) in [4.78, 5) is 14.5. The van der Waals surface area contributed by atoms with E-state index >= 15 is 0 Å². The summed E-state index contributed by atoms with van der Waals surface area (Å²) in [6.07, 6.45) is 5.25. The van der Waals surface area contributed by atoms with Gasteiger partial charge in [-0.1, -0.05) is 36.8 Å².